The maximum atomic E-state index is 13.0. The van der Waals surface area contributed by atoms with E-state index in [2.05, 4.69) is 27.0 Å². The highest BCUT2D eigenvalue weighted by Crippen LogP contribution is 2.37. The number of hydrogen-bond acceptors (Lipinski definition) is 5. The molecule has 2 aliphatic heterocycles. The normalized spacial score (nSPS) is 19.3. The summed E-state index contributed by atoms with van der Waals surface area (Å²) in [5.41, 5.74) is 5.95. The Kier molecular flexibility index (Phi) is 6.76. The van der Waals surface area contributed by atoms with E-state index in [1.807, 2.05) is 11.0 Å². The summed E-state index contributed by atoms with van der Waals surface area (Å²) in [7, 11) is -0.211. The van der Waals surface area contributed by atoms with Gasteiger partial charge in [-0.2, -0.15) is 0 Å². The van der Waals surface area contributed by atoms with Gasteiger partial charge >= 0.3 is 0 Å². The molecule has 10 heteroatoms. The number of piperazine rings is 1. The number of likely N-dealkylation sites (N-methyl/N-ethyl adjacent to an activating group) is 1. The zero-order chi connectivity index (χ0) is 25.4. The van der Waals surface area contributed by atoms with E-state index in [0.717, 1.165) is 63.1 Å². The minimum absolute atomic E-state index is 0.106. The molecule has 192 valence electrons. The van der Waals surface area contributed by atoms with Crippen molar-refractivity contribution in [1.29, 1.82) is 0 Å². The van der Waals surface area contributed by atoms with Crippen LogP contribution < -0.4 is 10.0 Å². The Morgan fingerprint density at radius 1 is 1.14 bits per heavy atom. The summed E-state index contributed by atoms with van der Waals surface area (Å²) in [5, 5.41) is 2.84. The second-order valence-corrected chi connectivity index (χ2v) is 11.7. The van der Waals surface area contributed by atoms with Crippen LogP contribution in [0.25, 0.3) is 11.6 Å². The van der Waals surface area contributed by atoms with E-state index in [1.165, 1.54) is 30.4 Å². The Balaban J connectivity index is 1.47. The van der Waals surface area contributed by atoms with Crippen molar-refractivity contribution in [3.05, 3.63) is 46.3 Å². The highest BCUT2D eigenvalue weighted by atomic mass is 32.2. The van der Waals surface area contributed by atoms with Crippen molar-refractivity contribution in [3.63, 3.8) is 0 Å². The number of aromatic amines is 1. The lowest BCUT2D eigenvalue weighted by molar-refractivity contribution is -0.132. The van der Waals surface area contributed by atoms with Gasteiger partial charge in [-0.25, -0.2) is 13.1 Å². The Bertz CT molecular complexity index is 1340. The van der Waals surface area contributed by atoms with Crippen molar-refractivity contribution in [3.8, 4) is 0 Å². The Morgan fingerprint density at radius 3 is 2.64 bits per heavy atom. The molecule has 0 radical (unpaired) electrons. The van der Waals surface area contributed by atoms with Crippen LogP contribution in [-0.4, -0.2) is 75.3 Å². The van der Waals surface area contributed by atoms with Crippen LogP contribution in [0.15, 0.2) is 23.1 Å². The number of rotatable bonds is 6. The maximum Gasteiger partial charge on any atom is 0.256 e. The number of H-pyrrole nitrogens is 1. The average Bonchev–Trinajstić information content (AvgIpc) is 3.39. The third kappa shape index (κ3) is 4.72. The van der Waals surface area contributed by atoms with Crippen LogP contribution in [0.2, 0.25) is 0 Å². The van der Waals surface area contributed by atoms with Crippen molar-refractivity contribution in [1.82, 2.24) is 19.5 Å². The largest absolute Gasteiger partial charge is 0.358 e. The van der Waals surface area contributed by atoms with Crippen LogP contribution in [0, 0.1) is 0 Å². The number of benzene rings is 1. The number of carbonyl (C=O) groups is 2. The van der Waals surface area contributed by atoms with E-state index in [9.17, 15) is 18.0 Å². The molecule has 2 aromatic rings. The molecule has 0 unspecified atom stereocenters. The standard InChI is InChI=1S/C26H33N5O4S/c1-27-36(34,35)17-7-9-23-20(15-17)21(26(33)29-23)16-24-19(18-5-3-4-6-22(18)28-24)8-10-25(32)31-13-11-30(2)12-14-31/h7,9,15-16,27-28H,3-6,8,10-14H2,1-2H3,(H,29,33). The third-order valence-corrected chi connectivity index (χ3v) is 8.94. The summed E-state index contributed by atoms with van der Waals surface area (Å²) in [6.45, 7) is 3.30. The summed E-state index contributed by atoms with van der Waals surface area (Å²) >= 11 is 0. The first kappa shape index (κ1) is 24.7. The predicted molar refractivity (Wildman–Crippen MR) is 139 cm³/mol. The lowest BCUT2D eigenvalue weighted by Crippen LogP contribution is -2.47. The van der Waals surface area contributed by atoms with Gasteiger partial charge in [-0.1, -0.05) is 0 Å². The Morgan fingerprint density at radius 2 is 1.89 bits per heavy atom. The van der Waals surface area contributed by atoms with Gasteiger partial charge in [0.2, 0.25) is 15.9 Å². The molecule has 1 aliphatic carbocycles. The number of hydrogen-bond donors (Lipinski definition) is 3. The summed E-state index contributed by atoms with van der Waals surface area (Å²) in [5.74, 6) is -0.102. The lowest BCUT2D eigenvalue weighted by Gasteiger charge is -2.32. The van der Waals surface area contributed by atoms with Crippen LogP contribution in [-0.2, 0) is 38.9 Å². The van der Waals surface area contributed by atoms with Gasteiger partial charge in [-0.3, -0.25) is 9.59 Å². The molecule has 5 rings (SSSR count). The van der Waals surface area contributed by atoms with Gasteiger partial charge in [-0.15, -0.1) is 0 Å². The molecule has 0 spiro atoms. The van der Waals surface area contributed by atoms with Crippen LogP contribution >= 0.6 is 0 Å². The highest BCUT2D eigenvalue weighted by molar-refractivity contribution is 7.89. The molecule has 3 aliphatic rings. The number of aryl methyl sites for hydroxylation is 1. The number of anilines is 1. The Labute approximate surface area is 212 Å². The van der Waals surface area contributed by atoms with Gasteiger partial charge < -0.3 is 20.1 Å². The summed E-state index contributed by atoms with van der Waals surface area (Å²) < 4.78 is 27.0. The zero-order valence-corrected chi connectivity index (χ0v) is 21.6. The monoisotopic (exact) mass is 511 g/mol. The van der Waals surface area contributed by atoms with Gasteiger partial charge in [0.15, 0.2) is 0 Å². The van der Waals surface area contributed by atoms with Gasteiger partial charge in [0, 0.05) is 55.2 Å². The molecular weight excluding hydrogens is 478 g/mol. The van der Waals surface area contributed by atoms with Crippen molar-refractivity contribution in [2.75, 3.05) is 45.6 Å². The average molecular weight is 512 g/mol. The number of sulfonamides is 1. The molecule has 1 aromatic carbocycles. The molecule has 1 saturated heterocycles. The first-order valence-corrected chi connectivity index (χ1v) is 14.0. The molecular formula is C26H33N5O4S. The van der Waals surface area contributed by atoms with E-state index in [1.54, 1.807) is 6.07 Å². The quantitative estimate of drug-likeness (QED) is 0.514. The second kappa shape index (κ2) is 9.84. The second-order valence-electron chi connectivity index (χ2n) is 9.79. The molecule has 3 heterocycles. The van der Waals surface area contributed by atoms with E-state index in [-0.39, 0.29) is 16.7 Å². The van der Waals surface area contributed by atoms with Crippen LogP contribution in [0.1, 0.15) is 47.3 Å². The van der Waals surface area contributed by atoms with Crippen molar-refractivity contribution in [2.24, 2.45) is 0 Å². The van der Waals surface area contributed by atoms with Gasteiger partial charge in [0.1, 0.15) is 0 Å². The molecule has 2 amide bonds. The summed E-state index contributed by atoms with van der Waals surface area (Å²) in [6.07, 6.45) is 6.99. The number of amides is 2. The molecule has 1 fully saturated rings. The van der Waals surface area contributed by atoms with E-state index < -0.39 is 10.0 Å². The molecule has 0 atom stereocenters. The molecule has 3 N–H and O–H groups in total. The fraction of sp³-hybridized carbons (Fsp3) is 0.462. The van der Waals surface area contributed by atoms with Crippen molar-refractivity contribution >= 4 is 39.2 Å². The van der Waals surface area contributed by atoms with E-state index >= 15 is 0 Å². The van der Waals surface area contributed by atoms with Crippen LogP contribution in [0.5, 0.6) is 0 Å². The molecule has 1 aromatic heterocycles. The SMILES string of the molecule is CNS(=O)(=O)c1ccc2c(c1)C(=Cc1[nH]c3c(c1CCC(=O)N1CCN(C)CC1)CCCC3)C(=O)N2. The molecule has 36 heavy (non-hydrogen) atoms. The van der Waals surface area contributed by atoms with Crippen molar-refractivity contribution < 1.29 is 18.0 Å². The fourth-order valence-electron chi connectivity index (χ4n) is 5.37. The van der Waals surface area contributed by atoms with Crippen LogP contribution in [0.4, 0.5) is 5.69 Å². The maximum absolute atomic E-state index is 13.0. The topological polar surface area (TPSA) is 115 Å². The third-order valence-electron chi connectivity index (χ3n) is 7.53. The Hall–Kier alpha value is -2.95. The number of fused-ring (bicyclic) bond motifs is 2. The lowest BCUT2D eigenvalue weighted by atomic mass is 9.92. The minimum atomic E-state index is -3.65. The summed E-state index contributed by atoms with van der Waals surface area (Å²) in [6, 6.07) is 4.63. The van der Waals surface area contributed by atoms with Gasteiger partial charge in [-0.05, 0) is 81.6 Å². The van der Waals surface area contributed by atoms with E-state index in [4.69, 9.17) is 0 Å². The van der Waals surface area contributed by atoms with Gasteiger partial charge in [0.25, 0.3) is 5.91 Å². The number of nitrogens with one attached hydrogen (secondary N) is 3. The predicted octanol–water partition coefficient (Wildman–Crippen LogP) is 2.00. The molecule has 9 nitrogen and oxygen atoms in total. The number of carbonyl (C=O) groups excluding carboxylic acids is 2. The van der Waals surface area contributed by atoms with Crippen LogP contribution in [0.3, 0.4) is 0 Å². The highest BCUT2D eigenvalue weighted by Gasteiger charge is 2.28. The zero-order valence-electron chi connectivity index (χ0n) is 20.8. The summed E-state index contributed by atoms with van der Waals surface area (Å²) in [4.78, 5) is 33.7. The van der Waals surface area contributed by atoms with Crippen molar-refractivity contribution in [2.45, 2.75) is 43.4 Å². The smallest absolute Gasteiger partial charge is 0.256 e. The first-order chi connectivity index (χ1) is 17.3. The molecule has 0 bridgehead atoms. The van der Waals surface area contributed by atoms with Gasteiger partial charge in [0.05, 0.1) is 10.5 Å². The number of aromatic nitrogens is 1. The van der Waals surface area contributed by atoms with E-state index in [0.29, 0.717) is 29.7 Å². The first-order valence-electron chi connectivity index (χ1n) is 12.6. The minimum Gasteiger partial charge on any atom is -0.358 e. The number of nitrogens with zero attached hydrogens (tertiary/aromatic N) is 2. The fourth-order valence-corrected chi connectivity index (χ4v) is 6.13. The molecule has 0 saturated carbocycles.